The number of sulfonamides is 1. The van der Waals surface area contributed by atoms with Crippen molar-refractivity contribution in [3.8, 4) is 5.75 Å². The number of hydrogen-bond acceptors (Lipinski definition) is 6. The number of rotatable bonds is 10. The number of benzene rings is 2. The second-order valence-corrected chi connectivity index (χ2v) is 9.75. The van der Waals surface area contributed by atoms with E-state index in [0.717, 1.165) is 6.42 Å². The van der Waals surface area contributed by atoms with Gasteiger partial charge in [0.2, 0.25) is 5.91 Å². The van der Waals surface area contributed by atoms with Crippen molar-refractivity contribution in [3.63, 3.8) is 0 Å². The molecule has 0 atom stereocenters. The molecule has 2 N–H and O–H groups in total. The van der Waals surface area contributed by atoms with Gasteiger partial charge in [-0.2, -0.15) is 0 Å². The Morgan fingerprint density at radius 2 is 1.76 bits per heavy atom. The van der Waals surface area contributed by atoms with Gasteiger partial charge in [-0.25, -0.2) is 8.42 Å². The molecule has 1 saturated heterocycles. The number of ether oxygens (including phenoxy) is 2. The van der Waals surface area contributed by atoms with Crippen molar-refractivity contribution in [3.05, 3.63) is 54.1 Å². The minimum absolute atomic E-state index is 0.0240. The summed E-state index contributed by atoms with van der Waals surface area (Å²) in [5, 5.41) is 2.92. The predicted octanol–water partition coefficient (Wildman–Crippen LogP) is 2.50. The summed E-state index contributed by atoms with van der Waals surface area (Å²) in [5.74, 6) is 0.230. The van der Waals surface area contributed by atoms with Gasteiger partial charge in [0.15, 0.2) is 0 Å². The highest BCUT2D eigenvalue weighted by atomic mass is 32.2. The smallest absolute Gasteiger partial charge is 0.262 e. The summed E-state index contributed by atoms with van der Waals surface area (Å²) in [6, 6.07) is 12.5. The van der Waals surface area contributed by atoms with E-state index in [1.54, 1.807) is 48.4 Å². The highest BCUT2D eigenvalue weighted by Crippen LogP contribution is 2.22. The number of anilines is 1. The van der Waals surface area contributed by atoms with Crippen LogP contribution in [-0.2, 0) is 19.6 Å². The highest BCUT2D eigenvalue weighted by Gasteiger charge is 2.27. The van der Waals surface area contributed by atoms with E-state index in [4.69, 9.17) is 9.47 Å². The first-order valence-electron chi connectivity index (χ1n) is 11.2. The number of hydrogen-bond donors (Lipinski definition) is 2. The lowest BCUT2D eigenvalue weighted by molar-refractivity contribution is -0.126. The molecule has 2 amide bonds. The molecule has 34 heavy (non-hydrogen) atoms. The quantitative estimate of drug-likeness (QED) is 0.496. The first-order valence-corrected chi connectivity index (χ1v) is 12.6. The van der Waals surface area contributed by atoms with Gasteiger partial charge in [-0.3, -0.25) is 14.3 Å². The Bertz CT molecular complexity index is 1080. The second kappa shape index (κ2) is 11.8. The molecule has 0 bridgehead atoms. The van der Waals surface area contributed by atoms with Crippen molar-refractivity contribution in [2.24, 2.45) is 5.92 Å². The Hall–Kier alpha value is -3.11. The Labute approximate surface area is 200 Å². The lowest BCUT2D eigenvalue weighted by Gasteiger charge is -2.31. The fraction of sp³-hybridized carbons (Fsp3) is 0.417. The molecule has 0 saturated carbocycles. The maximum absolute atomic E-state index is 12.9. The zero-order valence-corrected chi connectivity index (χ0v) is 20.3. The molecule has 9 nitrogen and oxygen atoms in total. The van der Waals surface area contributed by atoms with Crippen LogP contribution in [0, 0.1) is 5.92 Å². The second-order valence-electron chi connectivity index (χ2n) is 8.07. The average Bonchev–Trinajstić information content (AvgIpc) is 2.86. The van der Waals surface area contributed by atoms with E-state index in [-0.39, 0.29) is 22.6 Å². The maximum Gasteiger partial charge on any atom is 0.262 e. The van der Waals surface area contributed by atoms with E-state index in [0.29, 0.717) is 56.1 Å². The summed E-state index contributed by atoms with van der Waals surface area (Å²) < 4.78 is 37.9. The van der Waals surface area contributed by atoms with Gasteiger partial charge in [0.25, 0.3) is 15.9 Å². The normalized spacial score (nSPS) is 14.5. The van der Waals surface area contributed by atoms with Crippen molar-refractivity contribution in [2.75, 3.05) is 45.2 Å². The van der Waals surface area contributed by atoms with Crippen molar-refractivity contribution >= 4 is 27.5 Å². The standard InChI is InChI=1S/C24H31N3O6S/c1-32-16-4-13-25-23(28)18-11-14-27(15-12-18)24(29)19-7-9-20(10-8-19)26-34(30,31)22-6-3-5-21(17-22)33-2/h3,5-10,17-18,26H,4,11-16H2,1-2H3,(H,25,28). The molecule has 10 heteroatoms. The molecule has 0 aromatic heterocycles. The van der Waals surface area contributed by atoms with Crippen LogP contribution < -0.4 is 14.8 Å². The summed E-state index contributed by atoms with van der Waals surface area (Å²) in [6.07, 6.45) is 1.99. The summed E-state index contributed by atoms with van der Waals surface area (Å²) in [7, 11) is -0.697. The molecule has 2 aromatic rings. The van der Waals surface area contributed by atoms with Crippen LogP contribution in [0.3, 0.4) is 0 Å². The van der Waals surface area contributed by atoms with Gasteiger partial charge >= 0.3 is 0 Å². The molecular formula is C24H31N3O6S. The van der Waals surface area contributed by atoms with Crippen LogP contribution in [0.15, 0.2) is 53.4 Å². The number of piperidine rings is 1. The molecule has 0 unspecified atom stereocenters. The lowest BCUT2D eigenvalue weighted by Crippen LogP contribution is -2.43. The molecule has 184 valence electrons. The lowest BCUT2D eigenvalue weighted by atomic mass is 9.95. The fourth-order valence-electron chi connectivity index (χ4n) is 3.76. The molecule has 3 rings (SSSR count). The minimum atomic E-state index is -3.79. The fourth-order valence-corrected chi connectivity index (χ4v) is 4.86. The van der Waals surface area contributed by atoms with Gasteiger partial charge < -0.3 is 19.7 Å². The summed E-state index contributed by atoms with van der Waals surface area (Å²) in [6.45, 7) is 2.19. The number of methoxy groups -OCH3 is 2. The summed E-state index contributed by atoms with van der Waals surface area (Å²) >= 11 is 0. The van der Waals surface area contributed by atoms with E-state index in [9.17, 15) is 18.0 Å². The van der Waals surface area contributed by atoms with Gasteiger partial charge in [0.05, 0.1) is 12.0 Å². The Morgan fingerprint density at radius 1 is 1.06 bits per heavy atom. The number of nitrogens with zero attached hydrogens (tertiary/aromatic N) is 1. The number of likely N-dealkylation sites (tertiary alicyclic amines) is 1. The van der Waals surface area contributed by atoms with E-state index >= 15 is 0 Å². The van der Waals surface area contributed by atoms with Gasteiger partial charge in [0, 0.05) is 56.6 Å². The molecule has 1 fully saturated rings. The summed E-state index contributed by atoms with van der Waals surface area (Å²) in [4.78, 5) is 27.0. The first kappa shape index (κ1) is 25.5. The molecule has 1 heterocycles. The predicted molar refractivity (Wildman–Crippen MR) is 128 cm³/mol. The molecule has 0 radical (unpaired) electrons. The van der Waals surface area contributed by atoms with E-state index in [1.807, 2.05) is 0 Å². The van der Waals surface area contributed by atoms with Crippen LogP contribution in [0.5, 0.6) is 5.75 Å². The van der Waals surface area contributed by atoms with Crippen molar-refractivity contribution < 1.29 is 27.5 Å². The van der Waals surface area contributed by atoms with Gasteiger partial charge in [0.1, 0.15) is 5.75 Å². The van der Waals surface area contributed by atoms with Crippen LogP contribution in [0.1, 0.15) is 29.6 Å². The van der Waals surface area contributed by atoms with Gasteiger partial charge in [-0.15, -0.1) is 0 Å². The van der Waals surface area contributed by atoms with Crippen LogP contribution in [0.25, 0.3) is 0 Å². The Kier molecular flexibility index (Phi) is 8.89. The zero-order valence-electron chi connectivity index (χ0n) is 19.5. The maximum atomic E-state index is 12.9. The van der Waals surface area contributed by atoms with Crippen molar-refractivity contribution in [1.29, 1.82) is 0 Å². The SMILES string of the molecule is COCCCNC(=O)C1CCN(C(=O)c2ccc(NS(=O)(=O)c3cccc(OC)c3)cc2)CC1. The molecule has 1 aliphatic rings. The van der Waals surface area contributed by atoms with Crippen LogP contribution in [0.2, 0.25) is 0 Å². The number of nitrogens with one attached hydrogen (secondary N) is 2. The molecule has 0 spiro atoms. The Balaban J connectivity index is 1.54. The third-order valence-electron chi connectivity index (χ3n) is 5.71. The Morgan fingerprint density at radius 3 is 2.41 bits per heavy atom. The summed E-state index contributed by atoms with van der Waals surface area (Å²) in [5.41, 5.74) is 0.815. The molecule has 2 aromatic carbocycles. The van der Waals surface area contributed by atoms with Gasteiger partial charge in [-0.05, 0) is 55.7 Å². The van der Waals surface area contributed by atoms with Crippen LogP contribution in [0.4, 0.5) is 5.69 Å². The van der Waals surface area contributed by atoms with Crippen molar-refractivity contribution in [2.45, 2.75) is 24.2 Å². The van der Waals surface area contributed by atoms with Crippen LogP contribution >= 0.6 is 0 Å². The third kappa shape index (κ3) is 6.71. The molecule has 0 aliphatic carbocycles. The minimum Gasteiger partial charge on any atom is -0.497 e. The molecular weight excluding hydrogens is 458 g/mol. The third-order valence-corrected chi connectivity index (χ3v) is 7.09. The topological polar surface area (TPSA) is 114 Å². The zero-order chi connectivity index (χ0) is 24.6. The van der Waals surface area contributed by atoms with E-state index in [2.05, 4.69) is 10.0 Å². The number of carbonyl (C=O) groups is 2. The van der Waals surface area contributed by atoms with E-state index in [1.165, 1.54) is 19.2 Å². The number of carbonyl (C=O) groups excluding carboxylic acids is 2. The van der Waals surface area contributed by atoms with Gasteiger partial charge in [-0.1, -0.05) is 6.07 Å². The molecule has 1 aliphatic heterocycles. The largest absolute Gasteiger partial charge is 0.497 e. The van der Waals surface area contributed by atoms with E-state index < -0.39 is 10.0 Å². The van der Waals surface area contributed by atoms with Crippen molar-refractivity contribution in [1.82, 2.24) is 10.2 Å². The van der Waals surface area contributed by atoms with Crippen LogP contribution in [-0.4, -0.2) is 65.6 Å². The first-order chi connectivity index (χ1) is 16.3. The number of amides is 2. The average molecular weight is 490 g/mol. The highest BCUT2D eigenvalue weighted by molar-refractivity contribution is 7.92. The monoisotopic (exact) mass is 489 g/mol.